The van der Waals surface area contributed by atoms with E-state index < -0.39 is 6.10 Å². The highest BCUT2D eigenvalue weighted by Gasteiger charge is 2.11. The molecule has 0 aliphatic carbocycles. The van der Waals surface area contributed by atoms with Crippen molar-refractivity contribution in [2.45, 2.75) is 6.10 Å². The second-order valence-corrected chi connectivity index (χ2v) is 4.92. The Morgan fingerprint density at radius 1 is 1.14 bits per heavy atom. The number of hydrogen-bond acceptors (Lipinski definition) is 2. The molecule has 1 atom stereocenters. The second kappa shape index (κ2) is 5.81. The van der Waals surface area contributed by atoms with Gasteiger partial charge in [-0.2, -0.15) is 0 Å². The van der Waals surface area contributed by atoms with Gasteiger partial charge >= 0.3 is 0 Å². The van der Waals surface area contributed by atoms with Gasteiger partial charge in [0.05, 0.1) is 6.10 Å². The fourth-order valence-corrected chi connectivity index (χ4v) is 2.28. The third-order valence-corrected chi connectivity index (χ3v) is 3.46. The lowest BCUT2D eigenvalue weighted by atomic mass is 10.1. The van der Waals surface area contributed by atoms with Gasteiger partial charge in [-0.05, 0) is 29.8 Å². The molecule has 0 aliphatic heterocycles. The van der Waals surface area contributed by atoms with Gasteiger partial charge in [-0.3, -0.25) is 4.79 Å². The van der Waals surface area contributed by atoms with Crippen molar-refractivity contribution in [3.8, 4) is 0 Å². The molecular formula is C17H16N2O2. The normalized spacial score (nSPS) is 12.2. The molecule has 1 heterocycles. The molecule has 2 aromatic carbocycles. The first-order valence-electron chi connectivity index (χ1n) is 6.82. The van der Waals surface area contributed by atoms with E-state index in [0.29, 0.717) is 5.56 Å². The Morgan fingerprint density at radius 3 is 2.76 bits per heavy atom. The Hall–Kier alpha value is -2.59. The number of fused-ring (bicyclic) bond motifs is 1. The highest BCUT2D eigenvalue weighted by molar-refractivity contribution is 5.98. The summed E-state index contributed by atoms with van der Waals surface area (Å²) >= 11 is 0. The van der Waals surface area contributed by atoms with Gasteiger partial charge in [0.15, 0.2) is 0 Å². The Bertz CT molecular complexity index is 750. The summed E-state index contributed by atoms with van der Waals surface area (Å²) in [4.78, 5) is 15.2. The minimum Gasteiger partial charge on any atom is -0.387 e. The lowest BCUT2D eigenvalue weighted by molar-refractivity contribution is 0.0916. The Morgan fingerprint density at radius 2 is 1.95 bits per heavy atom. The molecule has 0 aliphatic rings. The van der Waals surface area contributed by atoms with Gasteiger partial charge < -0.3 is 15.4 Å². The van der Waals surface area contributed by atoms with Crippen molar-refractivity contribution in [2.24, 2.45) is 0 Å². The number of aromatic amines is 1. The van der Waals surface area contributed by atoms with Gasteiger partial charge in [-0.1, -0.05) is 30.3 Å². The van der Waals surface area contributed by atoms with Crippen LogP contribution >= 0.6 is 0 Å². The molecule has 1 aromatic heterocycles. The SMILES string of the molecule is O=C(NCC(O)c1ccccc1)c1ccc2[nH]ccc2c1. The molecular weight excluding hydrogens is 264 g/mol. The summed E-state index contributed by atoms with van der Waals surface area (Å²) in [6, 6.07) is 16.7. The largest absolute Gasteiger partial charge is 0.387 e. The number of hydrogen-bond donors (Lipinski definition) is 3. The van der Waals surface area contributed by atoms with E-state index >= 15 is 0 Å². The van der Waals surface area contributed by atoms with E-state index in [1.165, 1.54) is 0 Å². The molecule has 3 aromatic rings. The molecule has 4 heteroatoms. The van der Waals surface area contributed by atoms with E-state index in [2.05, 4.69) is 10.3 Å². The fourth-order valence-electron chi connectivity index (χ4n) is 2.28. The number of rotatable bonds is 4. The van der Waals surface area contributed by atoms with Crippen molar-refractivity contribution in [1.82, 2.24) is 10.3 Å². The van der Waals surface area contributed by atoms with Crippen LogP contribution in [-0.2, 0) is 0 Å². The van der Waals surface area contributed by atoms with Crippen LogP contribution < -0.4 is 5.32 Å². The standard InChI is InChI=1S/C17H16N2O2/c20-16(12-4-2-1-3-5-12)11-19-17(21)14-6-7-15-13(10-14)8-9-18-15/h1-10,16,18,20H,11H2,(H,19,21). The highest BCUT2D eigenvalue weighted by atomic mass is 16.3. The number of H-pyrrole nitrogens is 1. The van der Waals surface area contributed by atoms with Crippen LogP contribution in [-0.4, -0.2) is 22.5 Å². The van der Waals surface area contributed by atoms with E-state index in [4.69, 9.17) is 0 Å². The summed E-state index contributed by atoms with van der Waals surface area (Å²) in [5, 5.41) is 13.8. The molecule has 1 amide bonds. The summed E-state index contributed by atoms with van der Waals surface area (Å²) in [5.74, 6) is -0.187. The topological polar surface area (TPSA) is 65.1 Å². The number of nitrogens with one attached hydrogen (secondary N) is 2. The van der Waals surface area contributed by atoms with E-state index in [1.54, 1.807) is 6.07 Å². The van der Waals surface area contributed by atoms with E-state index in [-0.39, 0.29) is 12.5 Å². The number of benzene rings is 2. The van der Waals surface area contributed by atoms with Crippen LogP contribution in [0.4, 0.5) is 0 Å². The lowest BCUT2D eigenvalue weighted by Gasteiger charge is -2.12. The van der Waals surface area contributed by atoms with Gasteiger partial charge in [0.25, 0.3) is 5.91 Å². The Balaban J connectivity index is 1.66. The Kier molecular flexibility index (Phi) is 3.71. The zero-order valence-electron chi connectivity index (χ0n) is 11.4. The van der Waals surface area contributed by atoms with Crippen LogP contribution in [0.15, 0.2) is 60.8 Å². The molecule has 3 rings (SSSR count). The summed E-state index contributed by atoms with van der Waals surface area (Å²) in [6.07, 6.45) is 1.14. The van der Waals surface area contributed by atoms with Gasteiger partial charge in [0, 0.05) is 29.2 Å². The average molecular weight is 280 g/mol. The minimum atomic E-state index is -0.703. The average Bonchev–Trinajstić information content (AvgIpc) is 3.00. The number of aromatic nitrogens is 1. The third-order valence-electron chi connectivity index (χ3n) is 3.46. The summed E-state index contributed by atoms with van der Waals surface area (Å²) in [5.41, 5.74) is 2.37. The zero-order chi connectivity index (χ0) is 14.7. The molecule has 0 spiro atoms. The first-order chi connectivity index (χ1) is 10.2. The Labute approximate surface area is 122 Å². The minimum absolute atomic E-state index is 0.187. The number of carbonyl (C=O) groups excluding carboxylic acids is 1. The van der Waals surface area contributed by atoms with Crippen LogP contribution in [0, 0.1) is 0 Å². The molecule has 0 saturated carbocycles. The quantitative estimate of drug-likeness (QED) is 0.688. The molecule has 0 fully saturated rings. The monoisotopic (exact) mass is 280 g/mol. The van der Waals surface area contributed by atoms with Gasteiger partial charge in [-0.15, -0.1) is 0 Å². The number of carbonyl (C=O) groups is 1. The molecule has 1 unspecified atom stereocenters. The van der Waals surface area contributed by atoms with Crippen molar-refractivity contribution in [2.75, 3.05) is 6.54 Å². The van der Waals surface area contributed by atoms with Crippen molar-refractivity contribution >= 4 is 16.8 Å². The first-order valence-corrected chi connectivity index (χ1v) is 6.82. The number of aliphatic hydroxyl groups excluding tert-OH is 1. The van der Waals surface area contributed by atoms with Crippen LogP contribution in [0.5, 0.6) is 0 Å². The fraction of sp³-hybridized carbons (Fsp3) is 0.118. The second-order valence-electron chi connectivity index (χ2n) is 4.92. The van der Waals surface area contributed by atoms with Gasteiger partial charge in [-0.25, -0.2) is 0 Å². The molecule has 21 heavy (non-hydrogen) atoms. The maximum absolute atomic E-state index is 12.1. The predicted molar refractivity (Wildman–Crippen MR) is 82.0 cm³/mol. The van der Waals surface area contributed by atoms with Crippen LogP contribution in [0.3, 0.4) is 0 Å². The number of aliphatic hydroxyl groups is 1. The highest BCUT2D eigenvalue weighted by Crippen LogP contribution is 2.15. The van der Waals surface area contributed by atoms with Crippen molar-refractivity contribution in [3.05, 3.63) is 71.9 Å². The third kappa shape index (κ3) is 2.95. The molecule has 0 radical (unpaired) electrons. The van der Waals surface area contributed by atoms with Gasteiger partial charge in [0.1, 0.15) is 0 Å². The predicted octanol–water partition coefficient (Wildman–Crippen LogP) is 2.63. The smallest absolute Gasteiger partial charge is 0.251 e. The van der Waals surface area contributed by atoms with E-state index in [1.807, 2.05) is 54.7 Å². The molecule has 0 bridgehead atoms. The van der Waals surface area contributed by atoms with Crippen molar-refractivity contribution in [1.29, 1.82) is 0 Å². The van der Waals surface area contributed by atoms with Crippen molar-refractivity contribution in [3.63, 3.8) is 0 Å². The molecule has 3 N–H and O–H groups in total. The molecule has 106 valence electrons. The summed E-state index contributed by atoms with van der Waals surface area (Å²) < 4.78 is 0. The van der Waals surface area contributed by atoms with E-state index in [0.717, 1.165) is 16.5 Å². The maximum atomic E-state index is 12.1. The maximum Gasteiger partial charge on any atom is 0.251 e. The summed E-state index contributed by atoms with van der Waals surface area (Å²) in [7, 11) is 0. The van der Waals surface area contributed by atoms with Gasteiger partial charge in [0.2, 0.25) is 0 Å². The van der Waals surface area contributed by atoms with Crippen LogP contribution in [0.25, 0.3) is 10.9 Å². The number of amides is 1. The van der Waals surface area contributed by atoms with Crippen molar-refractivity contribution < 1.29 is 9.90 Å². The van der Waals surface area contributed by atoms with E-state index in [9.17, 15) is 9.90 Å². The summed E-state index contributed by atoms with van der Waals surface area (Å²) in [6.45, 7) is 0.189. The van der Waals surface area contributed by atoms with Crippen LogP contribution in [0.2, 0.25) is 0 Å². The van der Waals surface area contributed by atoms with Crippen LogP contribution in [0.1, 0.15) is 22.0 Å². The molecule has 4 nitrogen and oxygen atoms in total. The molecule has 0 saturated heterocycles. The first kappa shape index (κ1) is 13.4. The zero-order valence-corrected chi connectivity index (χ0v) is 11.4. The lowest BCUT2D eigenvalue weighted by Crippen LogP contribution is -2.28.